The molecular weight excluding hydrogens is 270 g/mol. The lowest BCUT2D eigenvalue weighted by Gasteiger charge is -2.10. The summed E-state index contributed by atoms with van der Waals surface area (Å²) in [6.07, 6.45) is 0.424. The van der Waals surface area contributed by atoms with Crippen LogP contribution < -0.4 is 4.74 Å². The van der Waals surface area contributed by atoms with Crippen molar-refractivity contribution in [3.8, 4) is 11.8 Å². The molecule has 0 aliphatic heterocycles. The average Bonchev–Trinajstić information content (AvgIpc) is 2.43. The van der Waals surface area contributed by atoms with Gasteiger partial charge in [0.1, 0.15) is 12.4 Å². The number of aryl methyl sites for hydroxylation is 2. The van der Waals surface area contributed by atoms with Crippen LogP contribution in [-0.2, 0) is 13.0 Å². The van der Waals surface area contributed by atoms with E-state index in [4.69, 9.17) is 21.6 Å². The molecule has 0 aliphatic carbocycles. The van der Waals surface area contributed by atoms with Crippen LogP contribution in [0.3, 0.4) is 0 Å². The summed E-state index contributed by atoms with van der Waals surface area (Å²) < 4.78 is 5.80. The minimum atomic E-state index is 0.424. The van der Waals surface area contributed by atoms with Gasteiger partial charge in [0.05, 0.1) is 12.5 Å². The van der Waals surface area contributed by atoms with Gasteiger partial charge >= 0.3 is 0 Å². The normalized spacial score (nSPS) is 10.1. The van der Waals surface area contributed by atoms with Crippen molar-refractivity contribution in [2.45, 2.75) is 26.9 Å². The fraction of sp³-hybridized carbons (Fsp3) is 0.235. The van der Waals surface area contributed by atoms with Gasteiger partial charge in [-0.05, 0) is 48.2 Å². The maximum absolute atomic E-state index is 8.71. The van der Waals surface area contributed by atoms with Crippen LogP contribution in [-0.4, -0.2) is 0 Å². The van der Waals surface area contributed by atoms with Crippen molar-refractivity contribution in [1.29, 1.82) is 5.26 Å². The lowest BCUT2D eigenvalue weighted by molar-refractivity contribution is 0.306. The number of hydrogen-bond donors (Lipinski definition) is 0. The van der Waals surface area contributed by atoms with E-state index < -0.39 is 0 Å². The van der Waals surface area contributed by atoms with Crippen molar-refractivity contribution in [2.24, 2.45) is 0 Å². The topological polar surface area (TPSA) is 33.0 Å². The van der Waals surface area contributed by atoms with Gasteiger partial charge in [-0.15, -0.1) is 0 Å². The van der Waals surface area contributed by atoms with E-state index in [0.29, 0.717) is 13.0 Å². The van der Waals surface area contributed by atoms with E-state index in [1.807, 2.05) is 50.2 Å². The summed E-state index contributed by atoms with van der Waals surface area (Å²) in [4.78, 5) is 0. The van der Waals surface area contributed by atoms with Crippen molar-refractivity contribution in [3.05, 3.63) is 63.7 Å². The molecule has 0 unspecified atom stereocenters. The monoisotopic (exact) mass is 285 g/mol. The van der Waals surface area contributed by atoms with Crippen LogP contribution in [0, 0.1) is 25.2 Å². The molecule has 0 saturated carbocycles. The smallest absolute Gasteiger partial charge is 0.120 e. The first kappa shape index (κ1) is 14.4. The third-order valence-electron chi connectivity index (χ3n) is 3.09. The standard InChI is InChI=1S/C17H16ClNO/c1-12-8-16(9-13(2)17(12)18)20-11-15-5-3-4-14(10-15)6-7-19/h3-5,8-10H,6,11H2,1-2H3. The molecule has 2 aromatic rings. The van der Waals surface area contributed by atoms with E-state index >= 15 is 0 Å². The van der Waals surface area contributed by atoms with Gasteiger partial charge in [-0.25, -0.2) is 0 Å². The van der Waals surface area contributed by atoms with Gasteiger partial charge in [-0.2, -0.15) is 5.26 Å². The Labute approximate surface area is 124 Å². The van der Waals surface area contributed by atoms with Gasteiger partial charge < -0.3 is 4.74 Å². The second-order valence-corrected chi connectivity index (χ2v) is 5.19. The Balaban J connectivity index is 2.09. The van der Waals surface area contributed by atoms with Crippen molar-refractivity contribution in [1.82, 2.24) is 0 Å². The maximum atomic E-state index is 8.71. The van der Waals surface area contributed by atoms with Crippen LogP contribution in [0.1, 0.15) is 22.3 Å². The number of ether oxygens (including phenoxy) is 1. The number of nitrogens with zero attached hydrogens (tertiary/aromatic N) is 1. The first-order valence-corrected chi connectivity index (χ1v) is 6.82. The van der Waals surface area contributed by atoms with Gasteiger partial charge in [-0.3, -0.25) is 0 Å². The van der Waals surface area contributed by atoms with Crippen LogP contribution in [0.25, 0.3) is 0 Å². The molecule has 0 bridgehead atoms. The lowest BCUT2D eigenvalue weighted by Crippen LogP contribution is -1.97. The highest BCUT2D eigenvalue weighted by Gasteiger charge is 2.04. The number of benzene rings is 2. The average molecular weight is 286 g/mol. The van der Waals surface area contributed by atoms with Gasteiger partial charge in [0.25, 0.3) is 0 Å². The molecule has 2 rings (SSSR count). The molecule has 20 heavy (non-hydrogen) atoms. The minimum Gasteiger partial charge on any atom is -0.489 e. The zero-order valence-corrected chi connectivity index (χ0v) is 12.4. The van der Waals surface area contributed by atoms with E-state index in [0.717, 1.165) is 33.0 Å². The molecule has 2 nitrogen and oxygen atoms in total. The third-order valence-corrected chi connectivity index (χ3v) is 3.69. The van der Waals surface area contributed by atoms with E-state index in [9.17, 15) is 0 Å². The van der Waals surface area contributed by atoms with Crippen molar-refractivity contribution in [2.75, 3.05) is 0 Å². The first-order valence-electron chi connectivity index (χ1n) is 6.44. The molecular formula is C17H16ClNO. The Bertz CT molecular complexity index is 635. The molecule has 0 saturated heterocycles. The number of rotatable bonds is 4. The van der Waals surface area contributed by atoms with E-state index in [1.54, 1.807) is 0 Å². The summed E-state index contributed by atoms with van der Waals surface area (Å²) in [5.74, 6) is 0.815. The summed E-state index contributed by atoms with van der Waals surface area (Å²) in [5, 5.41) is 9.50. The van der Waals surface area contributed by atoms with Crippen LogP contribution >= 0.6 is 11.6 Å². The van der Waals surface area contributed by atoms with Gasteiger partial charge in [0, 0.05) is 5.02 Å². The Morgan fingerprint density at radius 3 is 2.40 bits per heavy atom. The Morgan fingerprint density at radius 1 is 1.10 bits per heavy atom. The van der Waals surface area contributed by atoms with Gasteiger partial charge in [0.15, 0.2) is 0 Å². The molecule has 2 aromatic carbocycles. The van der Waals surface area contributed by atoms with E-state index in [2.05, 4.69) is 6.07 Å². The van der Waals surface area contributed by atoms with Crippen LogP contribution in [0.5, 0.6) is 5.75 Å². The molecule has 0 aromatic heterocycles. The molecule has 0 aliphatic rings. The number of nitriles is 1. The molecule has 0 spiro atoms. The molecule has 0 amide bonds. The second kappa shape index (κ2) is 6.45. The molecule has 0 fully saturated rings. The second-order valence-electron chi connectivity index (χ2n) is 4.81. The molecule has 0 N–H and O–H groups in total. The Hall–Kier alpha value is -1.98. The molecule has 0 radical (unpaired) electrons. The van der Waals surface area contributed by atoms with Crippen LogP contribution in [0.4, 0.5) is 0 Å². The quantitative estimate of drug-likeness (QED) is 0.822. The molecule has 0 atom stereocenters. The predicted molar refractivity (Wildman–Crippen MR) is 81.0 cm³/mol. The van der Waals surface area contributed by atoms with Crippen LogP contribution in [0.2, 0.25) is 5.02 Å². The maximum Gasteiger partial charge on any atom is 0.120 e. The highest BCUT2D eigenvalue weighted by atomic mass is 35.5. The Morgan fingerprint density at radius 2 is 1.75 bits per heavy atom. The minimum absolute atomic E-state index is 0.424. The van der Waals surface area contributed by atoms with Gasteiger partial charge in [0.2, 0.25) is 0 Å². The Kier molecular flexibility index (Phi) is 4.65. The highest BCUT2D eigenvalue weighted by molar-refractivity contribution is 6.32. The summed E-state index contributed by atoms with van der Waals surface area (Å²) >= 11 is 6.14. The van der Waals surface area contributed by atoms with Crippen molar-refractivity contribution in [3.63, 3.8) is 0 Å². The fourth-order valence-electron chi connectivity index (χ4n) is 2.08. The van der Waals surface area contributed by atoms with Gasteiger partial charge in [-0.1, -0.05) is 35.9 Å². The largest absolute Gasteiger partial charge is 0.489 e. The zero-order valence-electron chi connectivity index (χ0n) is 11.6. The summed E-state index contributed by atoms with van der Waals surface area (Å²) in [6.45, 7) is 4.42. The number of halogens is 1. The molecule has 3 heteroatoms. The highest BCUT2D eigenvalue weighted by Crippen LogP contribution is 2.26. The van der Waals surface area contributed by atoms with E-state index in [1.165, 1.54) is 0 Å². The summed E-state index contributed by atoms with van der Waals surface area (Å²) in [7, 11) is 0. The lowest BCUT2D eigenvalue weighted by atomic mass is 10.1. The van der Waals surface area contributed by atoms with Crippen molar-refractivity contribution >= 4 is 11.6 Å². The van der Waals surface area contributed by atoms with E-state index in [-0.39, 0.29) is 0 Å². The first-order chi connectivity index (χ1) is 9.60. The molecule has 0 heterocycles. The third kappa shape index (κ3) is 3.53. The van der Waals surface area contributed by atoms with Crippen LogP contribution in [0.15, 0.2) is 36.4 Å². The molecule has 102 valence electrons. The number of hydrogen-bond acceptors (Lipinski definition) is 2. The summed E-state index contributed by atoms with van der Waals surface area (Å²) in [5.41, 5.74) is 4.10. The SMILES string of the molecule is Cc1cc(OCc2cccc(CC#N)c2)cc(C)c1Cl. The zero-order chi connectivity index (χ0) is 14.5. The summed E-state index contributed by atoms with van der Waals surface area (Å²) in [6, 6.07) is 13.9. The van der Waals surface area contributed by atoms with Crippen molar-refractivity contribution < 1.29 is 4.74 Å². The fourth-order valence-corrected chi connectivity index (χ4v) is 2.19. The predicted octanol–water partition coefficient (Wildman–Crippen LogP) is 4.60.